The molecular weight excluding hydrogens is 446 g/mol. The van der Waals surface area contributed by atoms with Crippen molar-refractivity contribution in [3.05, 3.63) is 64.1 Å². The van der Waals surface area contributed by atoms with E-state index in [-0.39, 0.29) is 18.1 Å². The van der Waals surface area contributed by atoms with Crippen molar-refractivity contribution < 1.29 is 19.0 Å². The highest BCUT2D eigenvalue weighted by atomic mass is 79.9. The molecule has 162 valence electrons. The molecule has 1 aliphatic rings. The minimum atomic E-state index is -0.515. The van der Waals surface area contributed by atoms with E-state index in [0.29, 0.717) is 19.7 Å². The molecule has 2 atom stereocenters. The lowest BCUT2D eigenvalue weighted by atomic mass is 9.87. The highest BCUT2D eigenvalue weighted by Crippen LogP contribution is 2.32. The quantitative estimate of drug-likeness (QED) is 0.550. The first kappa shape index (κ1) is 22.6. The van der Waals surface area contributed by atoms with Crippen LogP contribution >= 0.6 is 15.9 Å². The van der Waals surface area contributed by atoms with Crippen LogP contribution in [-0.2, 0) is 16.1 Å². The summed E-state index contributed by atoms with van der Waals surface area (Å²) in [5.74, 6) is 1.04. The van der Waals surface area contributed by atoms with Crippen molar-refractivity contribution in [2.45, 2.75) is 51.4 Å². The Morgan fingerprint density at radius 1 is 1.10 bits per heavy atom. The number of amides is 1. The summed E-state index contributed by atoms with van der Waals surface area (Å²) in [5, 5.41) is 0. The van der Waals surface area contributed by atoms with Gasteiger partial charge in [0.1, 0.15) is 11.4 Å². The summed E-state index contributed by atoms with van der Waals surface area (Å²) in [6.07, 6.45) is 0.429. The number of carbonyl (C=O) groups excluding carboxylic acids is 1. The molecule has 0 N–H and O–H groups in total. The van der Waals surface area contributed by atoms with Gasteiger partial charge < -0.3 is 19.1 Å². The lowest BCUT2D eigenvalue weighted by Gasteiger charge is -2.39. The Hall–Kier alpha value is -2.05. The van der Waals surface area contributed by atoms with Crippen LogP contribution in [0, 0.1) is 0 Å². The van der Waals surface area contributed by atoms with Crippen molar-refractivity contribution in [3.8, 4) is 5.75 Å². The van der Waals surface area contributed by atoms with Gasteiger partial charge in [-0.1, -0.05) is 40.2 Å². The van der Waals surface area contributed by atoms with Gasteiger partial charge >= 0.3 is 6.09 Å². The lowest BCUT2D eigenvalue weighted by Crippen LogP contribution is -2.48. The summed E-state index contributed by atoms with van der Waals surface area (Å²) in [6.45, 7) is 7.29. The predicted molar refractivity (Wildman–Crippen MR) is 121 cm³/mol. The summed E-state index contributed by atoms with van der Waals surface area (Å²) in [6, 6.07) is 16.2. The summed E-state index contributed by atoms with van der Waals surface area (Å²) in [5.41, 5.74) is 1.78. The largest absolute Gasteiger partial charge is 0.497 e. The fourth-order valence-corrected chi connectivity index (χ4v) is 3.86. The SMILES string of the molecule is COc1ccc(COC2CN(C(=O)OC(C)(C)C)CCC2c2ccc(Br)cc2)cc1. The Morgan fingerprint density at radius 3 is 2.37 bits per heavy atom. The maximum absolute atomic E-state index is 12.6. The summed E-state index contributed by atoms with van der Waals surface area (Å²) in [7, 11) is 1.65. The molecule has 0 bridgehead atoms. The molecule has 3 rings (SSSR count). The second-order valence-corrected chi connectivity index (χ2v) is 9.49. The lowest BCUT2D eigenvalue weighted by molar-refractivity contribution is -0.0359. The Morgan fingerprint density at radius 2 is 1.77 bits per heavy atom. The van der Waals surface area contributed by atoms with Crippen LogP contribution in [0.1, 0.15) is 44.2 Å². The van der Waals surface area contributed by atoms with Gasteiger partial charge in [0.15, 0.2) is 0 Å². The minimum Gasteiger partial charge on any atom is -0.497 e. The van der Waals surface area contributed by atoms with Crippen LogP contribution in [0.3, 0.4) is 0 Å². The van der Waals surface area contributed by atoms with Crippen molar-refractivity contribution in [2.24, 2.45) is 0 Å². The average molecular weight is 476 g/mol. The number of piperidine rings is 1. The monoisotopic (exact) mass is 475 g/mol. The number of methoxy groups -OCH3 is 1. The number of likely N-dealkylation sites (tertiary alicyclic amines) is 1. The normalized spacial score (nSPS) is 19.4. The van der Waals surface area contributed by atoms with Crippen LogP contribution in [0.2, 0.25) is 0 Å². The van der Waals surface area contributed by atoms with Crippen molar-refractivity contribution in [1.29, 1.82) is 0 Å². The molecule has 2 aromatic rings. The zero-order valence-corrected chi connectivity index (χ0v) is 19.6. The first-order valence-corrected chi connectivity index (χ1v) is 11.0. The van der Waals surface area contributed by atoms with Gasteiger partial charge in [-0.15, -0.1) is 0 Å². The number of benzene rings is 2. The van der Waals surface area contributed by atoms with Crippen LogP contribution in [0.25, 0.3) is 0 Å². The predicted octanol–water partition coefficient (Wildman–Crippen LogP) is 5.77. The molecule has 2 unspecified atom stereocenters. The third kappa shape index (κ3) is 6.22. The van der Waals surface area contributed by atoms with Crippen LogP contribution in [0.15, 0.2) is 53.0 Å². The van der Waals surface area contributed by atoms with E-state index in [1.54, 1.807) is 12.0 Å². The first-order chi connectivity index (χ1) is 14.2. The van der Waals surface area contributed by atoms with Gasteiger partial charge in [-0.05, 0) is 62.6 Å². The van der Waals surface area contributed by atoms with Crippen molar-refractivity contribution in [2.75, 3.05) is 20.2 Å². The molecule has 6 heteroatoms. The fraction of sp³-hybridized carbons (Fsp3) is 0.458. The zero-order chi connectivity index (χ0) is 21.7. The molecule has 1 fully saturated rings. The number of ether oxygens (including phenoxy) is 3. The van der Waals surface area contributed by atoms with Gasteiger partial charge in [-0.3, -0.25) is 0 Å². The van der Waals surface area contributed by atoms with E-state index in [9.17, 15) is 4.79 Å². The molecule has 0 spiro atoms. The molecule has 1 saturated heterocycles. The van der Waals surface area contributed by atoms with Gasteiger partial charge in [-0.2, -0.15) is 0 Å². The molecule has 1 amide bonds. The highest BCUT2D eigenvalue weighted by molar-refractivity contribution is 9.10. The molecule has 0 radical (unpaired) electrons. The van der Waals surface area contributed by atoms with Gasteiger partial charge in [0.25, 0.3) is 0 Å². The number of carbonyl (C=O) groups is 1. The topological polar surface area (TPSA) is 48.0 Å². The van der Waals surface area contributed by atoms with E-state index in [2.05, 4.69) is 40.2 Å². The fourth-order valence-electron chi connectivity index (χ4n) is 3.59. The second-order valence-electron chi connectivity index (χ2n) is 8.57. The summed E-state index contributed by atoms with van der Waals surface area (Å²) >= 11 is 3.50. The molecule has 0 aromatic heterocycles. The van der Waals surface area contributed by atoms with Gasteiger partial charge in [0.05, 0.1) is 26.4 Å². The number of rotatable bonds is 5. The molecule has 1 heterocycles. The standard InChI is InChI=1S/C24H30BrNO4/c1-24(2,3)30-23(27)26-14-13-21(18-7-9-19(25)10-8-18)22(15-26)29-16-17-5-11-20(28-4)12-6-17/h5-12,21-22H,13-16H2,1-4H3. The average Bonchev–Trinajstić information content (AvgIpc) is 2.72. The maximum atomic E-state index is 12.6. The van der Waals surface area contributed by atoms with E-state index < -0.39 is 5.60 Å². The van der Waals surface area contributed by atoms with E-state index >= 15 is 0 Å². The molecule has 0 saturated carbocycles. The van der Waals surface area contributed by atoms with Gasteiger partial charge in [0.2, 0.25) is 0 Å². The smallest absolute Gasteiger partial charge is 0.410 e. The number of hydrogen-bond donors (Lipinski definition) is 0. The molecule has 30 heavy (non-hydrogen) atoms. The Balaban J connectivity index is 1.73. The first-order valence-electron chi connectivity index (χ1n) is 10.2. The van der Waals surface area contributed by atoms with Crippen LogP contribution < -0.4 is 4.74 Å². The third-order valence-corrected chi connectivity index (χ3v) is 5.66. The van der Waals surface area contributed by atoms with Crippen molar-refractivity contribution >= 4 is 22.0 Å². The van der Waals surface area contributed by atoms with Crippen molar-refractivity contribution in [1.82, 2.24) is 4.90 Å². The van der Waals surface area contributed by atoms with Crippen LogP contribution in [-0.4, -0.2) is 42.9 Å². The zero-order valence-electron chi connectivity index (χ0n) is 18.1. The van der Waals surface area contributed by atoms with E-state index in [1.807, 2.05) is 45.0 Å². The minimum absolute atomic E-state index is 0.116. The van der Waals surface area contributed by atoms with Gasteiger partial charge in [0, 0.05) is 16.9 Å². The van der Waals surface area contributed by atoms with E-state index in [4.69, 9.17) is 14.2 Å². The van der Waals surface area contributed by atoms with Crippen LogP contribution in [0.4, 0.5) is 4.79 Å². The summed E-state index contributed by atoms with van der Waals surface area (Å²) < 4.78 is 18.2. The summed E-state index contributed by atoms with van der Waals surface area (Å²) in [4.78, 5) is 14.4. The second kappa shape index (κ2) is 9.84. The van der Waals surface area contributed by atoms with E-state index in [0.717, 1.165) is 22.2 Å². The Kier molecular flexibility index (Phi) is 7.42. The molecule has 2 aromatic carbocycles. The highest BCUT2D eigenvalue weighted by Gasteiger charge is 2.35. The van der Waals surface area contributed by atoms with Crippen molar-refractivity contribution in [3.63, 3.8) is 0 Å². The van der Waals surface area contributed by atoms with E-state index in [1.165, 1.54) is 5.56 Å². The molecule has 1 aliphatic heterocycles. The van der Waals surface area contributed by atoms with Gasteiger partial charge in [-0.25, -0.2) is 4.79 Å². The maximum Gasteiger partial charge on any atom is 0.410 e. The molecule has 0 aliphatic carbocycles. The molecule has 5 nitrogen and oxygen atoms in total. The Bertz CT molecular complexity index is 830. The Labute approximate surface area is 187 Å². The molecular formula is C24H30BrNO4. The number of halogens is 1. The number of nitrogens with zero attached hydrogens (tertiary/aromatic N) is 1. The third-order valence-electron chi connectivity index (χ3n) is 5.13. The van der Waals surface area contributed by atoms with Crippen LogP contribution in [0.5, 0.6) is 5.75 Å². The number of hydrogen-bond acceptors (Lipinski definition) is 4.